The highest BCUT2D eigenvalue weighted by Gasteiger charge is 2.03. The Hall–Kier alpha value is -0.510. The predicted octanol–water partition coefficient (Wildman–Crippen LogP) is 2.25. The fourth-order valence-corrected chi connectivity index (χ4v) is 1.27. The van der Waals surface area contributed by atoms with Crippen LogP contribution < -0.4 is 0 Å². The highest BCUT2D eigenvalue weighted by Crippen LogP contribution is 2.05. The van der Waals surface area contributed by atoms with Gasteiger partial charge < -0.3 is 9.47 Å². The summed E-state index contributed by atoms with van der Waals surface area (Å²) in [5.41, 5.74) is 0. The highest BCUT2D eigenvalue weighted by molar-refractivity contribution is 9.09. The van der Waals surface area contributed by atoms with Gasteiger partial charge in [-0.1, -0.05) is 22.9 Å². The smallest absolute Gasteiger partial charge is 0.333 e. The SMILES string of the molecule is CC[C@H](CCBr)O/C=C/C(=O)OC. The van der Waals surface area contributed by atoms with E-state index in [-0.39, 0.29) is 6.10 Å². The number of rotatable bonds is 6. The molecule has 1 atom stereocenters. The number of halogens is 1. The average Bonchev–Trinajstić information content (AvgIpc) is 2.16. The Kier molecular flexibility index (Phi) is 7.79. The van der Waals surface area contributed by atoms with Gasteiger partial charge in [-0.05, 0) is 12.8 Å². The summed E-state index contributed by atoms with van der Waals surface area (Å²) in [6.45, 7) is 2.04. The summed E-state index contributed by atoms with van der Waals surface area (Å²) in [6.07, 6.45) is 4.69. The summed E-state index contributed by atoms with van der Waals surface area (Å²) in [5.74, 6) is -0.395. The van der Waals surface area contributed by atoms with Crippen LogP contribution in [-0.2, 0) is 14.3 Å². The molecule has 0 radical (unpaired) electrons. The Morgan fingerprint density at radius 3 is 2.77 bits per heavy atom. The molecule has 76 valence electrons. The van der Waals surface area contributed by atoms with Crippen molar-refractivity contribution in [2.45, 2.75) is 25.9 Å². The van der Waals surface area contributed by atoms with Gasteiger partial charge in [-0.2, -0.15) is 0 Å². The van der Waals surface area contributed by atoms with Gasteiger partial charge in [0, 0.05) is 5.33 Å². The molecule has 0 aliphatic rings. The van der Waals surface area contributed by atoms with Crippen molar-refractivity contribution < 1.29 is 14.3 Å². The Morgan fingerprint density at radius 1 is 1.62 bits per heavy atom. The number of hydrogen-bond acceptors (Lipinski definition) is 3. The molecule has 0 aliphatic carbocycles. The molecule has 0 aromatic heterocycles. The lowest BCUT2D eigenvalue weighted by molar-refractivity contribution is -0.135. The fourth-order valence-electron chi connectivity index (χ4n) is 0.764. The summed E-state index contributed by atoms with van der Waals surface area (Å²) in [5, 5.41) is 0.900. The van der Waals surface area contributed by atoms with Crippen molar-refractivity contribution in [2.75, 3.05) is 12.4 Å². The van der Waals surface area contributed by atoms with E-state index in [1.807, 2.05) is 6.92 Å². The number of carbonyl (C=O) groups excluding carboxylic acids is 1. The minimum atomic E-state index is -0.395. The molecule has 0 N–H and O–H groups in total. The van der Waals surface area contributed by atoms with Crippen molar-refractivity contribution in [3.63, 3.8) is 0 Å². The van der Waals surface area contributed by atoms with Gasteiger partial charge >= 0.3 is 5.97 Å². The number of esters is 1. The summed E-state index contributed by atoms with van der Waals surface area (Å²) in [4.78, 5) is 10.6. The largest absolute Gasteiger partial charge is 0.498 e. The second-order valence-electron chi connectivity index (χ2n) is 2.47. The maximum atomic E-state index is 10.6. The van der Waals surface area contributed by atoms with Crippen molar-refractivity contribution in [1.29, 1.82) is 0 Å². The minimum Gasteiger partial charge on any atom is -0.498 e. The molecular formula is C9H15BrO3. The van der Waals surface area contributed by atoms with E-state index in [4.69, 9.17) is 4.74 Å². The molecule has 0 aromatic rings. The van der Waals surface area contributed by atoms with Crippen LogP contribution in [0.2, 0.25) is 0 Å². The molecule has 4 heteroatoms. The number of carbonyl (C=O) groups is 1. The molecule has 0 aliphatic heterocycles. The van der Waals surface area contributed by atoms with E-state index in [2.05, 4.69) is 20.7 Å². The first-order valence-electron chi connectivity index (χ1n) is 4.20. The van der Waals surface area contributed by atoms with Gasteiger partial charge in [-0.15, -0.1) is 0 Å². The molecule has 0 spiro atoms. The third kappa shape index (κ3) is 6.63. The first kappa shape index (κ1) is 12.5. The lowest BCUT2D eigenvalue weighted by Gasteiger charge is -2.12. The van der Waals surface area contributed by atoms with Crippen LogP contribution >= 0.6 is 15.9 Å². The van der Waals surface area contributed by atoms with E-state index in [0.717, 1.165) is 18.2 Å². The van der Waals surface area contributed by atoms with Gasteiger partial charge in [-0.3, -0.25) is 0 Å². The van der Waals surface area contributed by atoms with E-state index in [1.165, 1.54) is 19.4 Å². The Morgan fingerprint density at radius 2 is 2.31 bits per heavy atom. The molecule has 0 bridgehead atoms. The third-order valence-electron chi connectivity index (χ3n) is 1.56. The number of alkyl halides is 1. The molecular weight excluding hydrogens is 236 g/mol. The molecule has 3 nitrogen and oxygen atoms in total. The normalized spacial score (nSPS) is 12.8. The van der Waals surface area contributed by atoms with Crippen LogP contribution in [-0.4, -0.2) is 24.5 Å². The summed E-state index contributed by atoms with van der Waals surface area (Å²) in [7, 11) is 1.34. The number of ether oxygens (including phenoxy) is 2. The van der Waals surface area contributed by atoms with Crippen molar-refractivity contribution in [2.24, 2.45) is 0 Å². The van der Waals surface area contributed by atoms with E-state index in [1.54, 1.807) is 0 Å². The van der Waals surface area contributed by atoms with E-state index in [9.17, 15) is 4.79 Å². The molecule has 13 heavy (non-hydrogen) atoms. The summed E-state index contributed by atoms with van der Waals surface area (Å²) < 4.78 is 9.70. The summed E-state index contributed by atoms with van der Waals surface area (Å²) in [6, 6.07) is 0. The van der Waals surface area contributed by atoms with Crippen LogP contribution in [0.5, 0.6) is 0 Å². The van der Waals surface area contributed by atoms with Crippen LogP contribution in [0, 0.1) is 0 Å². The van der Waals surface area contributed by atoms with E-state index in [0.29, 0.717) is 0 Å². The third-order valence-corrected chi connectivity index (χ3v) is 2.02. The zero-order chi connectivity index (χ0) is 10.1. The Bertz CT molecular complexity index is 168. The molecule has 0 saturated carbocycles. The van der Waals surface area contributed by atoms with Gasteiger partial charge in [0.25, 0.3) is 0 Å². The van der Waals surface area contributed by atoms with Crippen molar-refractivity contribution in [1.82, 2.24) is 0 Å². The predicted molar refractivity (Wildman–Crippen MR) is 54.7 cm³/mol. The standard InChI is InChI=1S/C9H15BrO3/c1-3-8(4-6-10)13-7-5-9(11)12-2/h5,7-8H,3-4,6H2,1-2H3/b7-5+/t8-/m1/s1. The highest BCUT2D eigenvalue weighted by atomic mass is 79.9. The van der Waals surface area contributed by atoms with Crippen LogP contribution in [0.1, 0.15) is 19.8 Å². The maximum absolute atomic E-state index is 10.6. The zero-order valence-corrected chi connectivity index (χ0v) is 9.54. The molecule has 0 heterocycles. The van der Waals surface area contributed by atoms with Gasteiger partial charge in [-0.25, -0.2) is 4.79 Å². The number of hydrogen-bond donors (Lipinski definition) is 0. The fraction of sp³-hybridized carbons (Fsp3) is 0.667. The molecule has 0 aromatic carbocycles. The van der Waals surface area contributed by atoms with Crippen LogP contribution in [0.4, 0.5) is 0 Å². The van der Waals surface area contributed by atoms with Crippen molar-refractivity contribution in [3.8, 4) is 0 Å². The molecule has 0 amide bonds. The van der Waals surface area contributed by atoms with Crippen LogP contribution in [0.15, 0.2) is 12.3 Å². The van der Waals surface area contributed by atoms with Crippen LogP contribution in [0.3, 0.4) is 0 Å². The minimum absolute atomic E-state index is 0.167. The van der Waals surface area contributed by atoms with Gasteiger partial charge in [0.2, 0.25) is 0 Å². The van der Waals surface area contributed by atoms with Gasteiger partial charge in [0.15, 0.2) is 0 Å². The van der Waals surface area contributed by atoms with Gasteiger partial charge in [0.05, 0.1) is 25.6 Å². The average molecular weight is 251 g/mol. The number of methoxy groups -OCH3 is 1. The van der Waals surface area contributed by atoms with E-state index < -0.39 is 5.97 Å². The van der Waals surface area contributed by atoms with E-state index >= 15 is 0 Å². The van der Waals surface area contributed by atoms with Crippen molar-refractivity contribution >= 4 is 21.9 Å². The molecule has 0 rings (SSSR count). The molecule has 0 unspecified atom stereocenters. The summed E-state index contributed by atoms with van der Waals surface area (Å²) >= 11 is 3.33. The first-order valence-corrected chi connectivity index (χ1v) is 5.32. The second kappa shape index (κ2) is 8.10. The molecule has 0 fully saturated rings. The first-order chi connectivity index (χ1) is 6.24. The maximum Gasteiger partial charge on any atom is 0.333 e. The molecule has 0 saturated heterocycles. The zero-order valence-electron chi connectivity index (χ0n) is 7.96. The Balaban J connectivity index is 3.70. The lowest BCUT2D eigenvalue weighted by atomic mass is 10.2. The lowest BCUT2D eigenvalue weighted by Crippen LogP contribution is -2.08. The van der Waals surface area contributed by atoms with Crippen LogP contribution in [0.25, 0.3) is 0 Å². The topological polar surface area (TPSA) is 35.5 Å². The monoisotopic (exact) mass is 250 g/mol. The van der Waals surface area contributed by atoms with Crippen molar-refractivity contribution in [3.05, 3.63) is 12.3 Å². The van der Waals surface area contributed by atoms with Gasteiger partial charge in [0.1, 0.15) is 0 Å². The Labute approximate surface area is 87.2 Å². The second-order valence-corrected chi connectivity index (χ2v) is 3.26. The quantitative estimate of drug-likeness (QED) is 0.314.